The standard InChI is InChI=1S/C16H27N3/c1-4-14-9-15(19(5-2)18-14)10-16(17-3)13-7-11-6-12(11)8-13/h9,11-13,16-17H,4-8,10H2,1-3H3. The second kappa shape index (κ2) is 5.28. The molecule has 1 heterocycles. The van der Waals surface area contributed by atoms with E-state index in [9.17, 15) is 0 Å². The summed E-state index contributed by atoms with van der Waals surface area (Å²) in [5.74, 6) is 3.03. The third-order valence-corrected chi connectivity index (χ3v) is 5.22. The number of hydrogen-bond donors (Lipinski definition) is 1. The maximum atomic E-state index is 4.67. The van der Waals surface area contributed by atoms with E-state index in [1.165, 1.54) is 30.7 Å². The van der Waals surface area contributed by atoms with Gasteiger partial charge in [-0.25, -0.2) is 0 Å². The summed E-state index contributed by atoms with van der Waals surface area (Å²) in [7, 11) is 2.13. The van der Waals surface area contributed by atoms with E-state index in [1.54, 1.807) is 0 Å². The zero-order valence-electron chi connectivity index (χ0n) is 12.5. The average Bonchev–Trinajstić information content (AvgIpc) is 2.89. The molecule has 3 nitrogen and oxygen atoms in total. The Morgan fingerprint density at radius 1 is 1.32 bits per heavy atom. The van der Waals surface area contributed by atoms with Gasteiger partial charge in [-0.2, -0.15) is 5.10 Å². The predicted octanol–water partition coefficient (Wildman–Crippen LogP) is 2.64. The van der Waals surface area contributed by atoms with Gasteiger partial charge >= 0.3 is 0 Å². The molecule has 19 heavy (non-hydrogen) atoms. The first-order chi connectivity index (χ1) is 9.25. The van der Waals surface area contributed by atoms with Crippen molar-refractivity contribution in [1.29, 1.82) is 0 Å². The van der Waals surface area contributed by atoms with Crippen LogP contribution in [-0.2, 0) is 19.4 Å². The van der Waals surface area contributed by atoms with Crippen molar-refractivity contribution in [2.75, 3.05) is 7.05 Å². The molecule has 2 fully saturated rings. The van der Waals surface area contributed by atoms with Gasteiger partial charge in [0.15, 0.2) is 0 Å². The molecule has 3 atom stereocenters. The fourth-order valence-electron chi connectivity index (χ4n) is 3.95. The molecule has 0 saturated heterocycles. The first-order valence-electron chi connectivity index (χ1n) is 7.98. The predicted molar refractivity (Wildman–Crippen MR) is 78.2 cm³/mol. The van der Waals surface area contributed by atoms with Crippen LogP contribution in [0.25, 0.3) is 0 Å². The highest BCUT2D eigenvalue weighted by Gasteiger charge is 2.47. The monoisotopic (exact) mass is 261 g/mol. The number of rotatable bonds is 6. The Balaban J connectivity index is 1.69. The van der Waals surface area contributed by atoms with Crippen LogP contribution in [0.15, 0.2) is 6.07 Å². The normalized spacial score (nSPS) is 30.4. The van der Waals surface area contributed by atoms with E-state index in [0.29, 0.717) is 6.04 Å². The largest absolute Gasteiger partial charge is 0.316 e. The van der Waals surface area contributed by atoms with E-state index < -0.39 is 0 Å². The molecule has 2 aliphatic carbocycles. The summed E-state index contributed by atoms with van der Waals surface area (Å²) in [5.41, 5.74) is 2.65. The van der Waals surface area contributed by atoms with Gasteiger partial charge in [0.1, 0.15) is 0 Å². The van der Waals surface area contributed by atoms with Crippen LogP contribution < -0.4 is 5.32 Å². The van der Waals surface area contributed by atoms with E-state index in [2.05, 4.69) is 42.1 Å². The lowest BCUT2D eigenvalue weighted by atomic mass is 9.91. The Bertz CT molecular complexity index is 427. The fourth-order valence-corrected chi connectivity index (χ4v) is 3.95. The van der Waals surface area contributed by atoms with Crippen LogP contribution in [0.4, 0.5) is 0 Å². The van der Waals surface area contributed by atoms with E-state index in [4.69, 9.17) is 0 Å². The Hall–Kier alpha value is -0.830. The summed E-state index contributed by atoms with van der Waals surface area (Å²) in [5, 5.41) is 8.24. The average molecular weight is 261 g/mol. The lowest BCUT2D eigenvalue weighted by molar-refractivity contribution is 0.343. The molecule has 106 valence electrons. The van der Waals surface area contributed by atoms with Gasteiger partial charge in [0.2, 0.25) is 0 Å². The van der Waals surface area contributed by atoms with Gasteiger partial charge in [0.05, 0.1) is 5.69 Å². The van der Waals surface area contributed by atoms with Crippen LogP contribution in [0.5, 0.6) is 0 Å². The second-order valence-electron chi connectivity index (χ2n) is 6.38. The molecule has 0 radical (unpaired) electrons. The second-order valence-corrected chi connectivity index (χ2v) is 6.38. The van der Waals surface area contributed by atoms with Gasteiger partial charge in [-0.3, -0.25) is 4.68 Å². The minimum atomic E-state index is 0.638. The minimum absolute atomic E-state index is 0.638. The molecular formula is C16H27N3. The van der Waals surface area contributed by atoms with Gasteiger partial charge in [0.25, 0.3) is 0 Å². The molecule has 2 saturated carbocycles. The highest BCUT2D eigenvalue weighted by molar-refractivity contribution is 5.13. The molecule has 0 bridgehead atoms. The third-order valence-electron chi connectivity index (χ3n) is 5.22. The number of hydrogen-bond acceptors (Lipinski definition) is 2. The number of nitrogens with one attached hydrogen (secondary N) is 1. The number of fused-ring (bicyclic) bond motifs is 1. The highest BCUT2D eigenvalue weighted by atomic mass is 15.3. The van der Waals surface area contributed by atoms with Crippen LogP contribution in [0.1, 0.15) is 44.5 Å². The summed E-state index contributed by atoms with van der Waals surface area (Å²) in [6.45, 7) is 5.36. The molecule has 1 N–H and O–H groups in total. The van der Waals surface area contributed by atoms with Gasteiger partial charge in [-0.1, -0.05) is 6.92 Å². The first-order valence-corrected chi connectivity index (χ1v) is 7.98. The maximum Gasteiger partial charge on any atom is 0.0624 e. The molecule has 2 aliphatic rings. The van der Waals surface area contributed by atoms with Gasteiger partial charge in [-0.15, -0.1) is 0 Å². The molecule has 0 aliphatic heterocycles. The molecule has 3 rings (SSSR count). The Morgan fingerprint density at radius 3 is 2.63 bits per heavy atom. The zero-order valence-corrected chi connectivity index (χ0v) is 12.5. The SMILES string of the molecule is CCc1cc(CC(NC)C2CC3CC3C2)n(CC)n1. The van der Waals surface area contributed by atoms with Crippen molar-refractivity contribution in [3.63, 3.8) is 0 Å². The first kappa shape index (κ1) is 13.2. The molecular weight excluding hydrogens is 234 g/mol. The van der Waals surface area contributed by atoms with Crippen molar-refractivity contribution in [2.24, 2.45) is 17.8 Å². The van der Waals surface area contributed by atoms with Gasteiger partial charge in [0, 0.05) is 24.7 Å². The lowest BCUT2D eigenvalue weighted by Crippen LogP contribution is -2.35. The maximum absolute atomic E-state index is 4.67. The van der Waals surface area contributed by atoms with E-state index in [0.717, 1.165) is 37.1 Å². The van der Waals surface area contributed by atoms with Crippen molar-refractivity contribution in [1.82, 2.24) is 15.1 Å². The van der Waals surface area contributed by atoms with Crippen LogP contribution in [0, 0.1) is 17.8 Å². The number of aryl methyl sites for hydroxylation is 2. The van der Waals surface area contributed by atoms with E-state index in [-0.39, 0.29) is 0 Å². The summed E-state index contributed by atoms with van der Waals surface area (Å²) in [6, 6.07) is 2.95. The molecule has 1 aromatic heterocycles. The van der Waals surface area contributed by atoms with Crippen LogP contribution in [-0.4, -0.2) is 22.9 Å². The summed E-state index contributed by atoms with van der Waals surface area (Å²) in [4.78, 5) is 0. The molecule has 3 unspecified atom stereocenters. The van der Waals surface area contributed by atoms with Crippen molar-refractivity contribution in [3.8, 4) is 0 Å². The van der Waals surface area contributed by atoms with Crippen molar-refractivity contribution in [3.05, 3.63) is 17.5 Å². The van der Waals surface area contributed by atoms with Crippen LogP contribution in [0.2, 0.25) is 0 Å². The van der Waals surface area contributed by atoms with Crippen LogP contribution >= 0.6 is 0 Å². The highest BCUT2D eigenvalue weighted by Crippen LogP contribution is 2.55. The molecule has 0 amide bonds. The van der Waals surface area contributed by atoms with Gasteiger partial charge < -0.3 is 5.32 Å². The third kappa shape index (κ3) is 2.58. The molecule has 0 spiro atoms. The summed E-state index contributed by atoms with van der Waals surface area (Å²) < 4.78 is 2.19. The molecule has 3 heteroatoms. The molecule has 0 aromatic carbocycles. The summed E-state index contributed by atoms with van der Waals surface area (Å²) >= 11 is 0. The van der Waals surface area contributed by atoms with Crippen molar-refractivity contribution >= 4 is 0 Å². The van der Waals surface area contributed by atoms with Crippen molar-refractivity contribution in [2.45, 2.75) is 58.5 Å². The molecule has 1 aromatic rings. The fraction of sp³-hybridized carbons (Fsp3) is 0.812. The Labute approximate surface area is 116 Å². The van der Waals surface area contributed by atoms with Crippen molar-refractivity contribution < 1.29 is 0 Å². The summed E-state index contributed by atoms with van der Waals surface area (Å²) in [6.07, 6.45) is 6.60. The van der Waals surface area contributed by atoms with Crippen LogP contribution in [0.3, 0.4) is 0 Å². The lowest BCUT2D eigenvalue weighted by Gasteiger charge is -2.24. The van der Waals surface area contributed by atoms with E-state index >= 15 is 0 Å². The Kier molecular flexibility index (Phi) is 3.66. The number of aromatic nitrogens is 2. The topological polar surface area (TPSA) is 29.9 Å². The quantitative estimate of drug-likeness (QED) is 0.853. The number of likely N-dealkylation sites (N-methyl/N-ethyl adjacent to an activating group) is 1. The smallest absolute Gasteiger partial charge is 0.0624 e. The minimum Gasteiger partial charge on any atom is -0.316 e. The Morgan fingerprint density at radius 2 is 2.05 bits per heavy atom. The number of nitrogens with zero attached hydrogens (tertiary/aromatic N) is 2. The van der Waals surface area contributed by atoms with E-state index in [1.807, 2.05) is 0 Å². The van der Waals surface area contributed by atoms with Gasteiger partial charge in [-0.05, 0) is 63.5 Å². The zero-order chi connectivity index (χ0) is 13.4.